The van der Waals surface area contributed by atoms with Crippen molar-refractivity contribution in [2.75, 3.05) is 19.5 Å². The minimum absolute atomic E-state index is 0.0963. The van der Waals surface area contributed by atoms with Crippen molar-refractivity contribution in [3.05, 3.63) is 57.9 Å². The Morgan fingerprint density at radius 3 is 2.42 bits per heavy atom. The van der Waals surface area contributed by atoms with Gasteiger partial charge in [0.2, 0.25) is 5.91 Å². The van der Waals surface area contributed by atoms with Crippen LogP contribution in [0.15, 0.2) is 35.4 Å². The van der Waals surface area contributed by atoms with Gasteiger partial charge in [0, 0.05) is 11.8 Å². The highest BCUT2D eigenvalue weighted by atomic mass is 19.1. The lowest BCUT2D eigenvalue weighted by atomic mass is 9.96. The van der Waals surface area contributed by atoms with Crippen LogP contribution < -0.4 is 16.2 Å². The molecule has 3 N–H and O–H groups in total. The number of anilines is 1. The van der Waals surface area contributed by atoms with Crippen molar-refractivity contribution in [1.82, 2.24) is 19.9 Å². The third-order valence-electron chi connectivity index (χ3n) is 6.30. The Morgan fingerprint density at radius 1 is 1.12 bits per heavy atom. The number of ether oxygens (including phenoxy) is 2. The van der Waals surface area contributed by atoms with Crippen LogP contribution in [0.5, 0.6) is 0 Å². The molecule has 13 heteroatoms. The molecule has 3 aromatic rings. The number of rotatable bonds is 9. The summed E-state index contributed by atoms with van der Waals surface area (Å²) in [4.78, 5) is 68.9. The maximum absolute atomic E-state index is 15.1. The molecule has 2 amide bonds. The van der Waals surface area contributed by atoms with Crippen molar-refractivity contribution in [3.63, 3.8) is 0 Å². The van der Waals surface area contributed by atoms with Gasteiger partial charge in [0.05, 0.1) is 31.2 Å². The molecule has 2 atom stereocenters. The lowest BCUT2D eigenvalue weighted by Crippen LogP contribution is -2.42. The van der Waals surface area contributed by atoms with E-state index in [0.29, 0.717) is 11.4 Å². The molecule has 0 fully saturated rings. The Morgan fingerprint density at radius 2 is 1.82 bits per heavy atom. The highest BCUT2D eigenvalue weighted by molar-refractivity contribution is 5.97. The number of aromatic amines is 1. The van der Waals surface area contributed by atoms with Crippen molar-refractivity contribution in [2.45, 2.75) is 52.6 Å². The average Bonchev–Trinajstić information content (AvgIpc) is 3.32. The molecular weight excluding hydrogens is 525 g/mol. The standard InChI is InChI=1S/C27H32FN5O7/c1-14(33-13-29-22-17(24(33)36)12-20(31-22)32-26(38)27(2,3)4)15-7-8-16(18(28)11-15)23(35)30-19(25(37)40-6)9-10-21(34)39-5/h7-8,11-14,19,31H,9-10H2,1-6H3,(H,30,35)(H,32,38)/t14?,19-/m0/s1. The van der Waals surface area contributed by atoms with Gasteiger partial charge in [0.25, 0.3) is 11.5 Å². The number of benzene rings is 1. The molecule has 0 bridgehead atoms. The summed E-state index contributed by atoms with van der Waals surface area (Å²) in [6, 6.07) is 3.46. The van der Waals surface area contributed by atoms with Gasteiger partial charge in [-0.1, -0.05) is 26.8 Å². The summed E-state index contributed by atoms with van der Waals surface area (Å²) in [7, 11) is 2.32. The molecule has 0 spiro atoms. The first kappa shape index (κ1) is 30.0. The molecule has 0 saturated heterocycles. The monoisotopic (exact) mass is 557 g/mol. The summed E-state index contributed by atoms with van der Waals surface area (Å²) in [5.74, 6) is -3.06. The lowest BCUT2D eigenvalue weighted by molar-refractivity contribution is -0.144. The van der Waals surface area contributed by atoms with Crippen molar-refractivity contribution in [1.29, 1.82) is 0 Å². The van der Waals surface area contributed by atoms with E-state index in [1.54, 1.807) is 27.7 Å². The average molecular weight is 558 g/mol. The van der Waals surface area contributed by atoms with Crippen molar-refractivity contribution < 1.29 is 33.0 Å². The number of carbonyl (C=O) groups is 4. The zero-order valence-corrected chi connectivity index (χ0v) is 23.1. The predicted octanol–water partition coefficient (Wildman–Crippen LogP) is 2.68. The third kappa shape index (κ3) is 6.71. The summed E-state index contributed by atoms with van der Waals surface area (Å²) < 4.78 is 25.6. The van der Waals surface area contributed by atoms with Crippen LogP contribution in [0, 0.1) is 11.2 Å². The molecule has 2 heterocycles. The lowest BCUT2D eigenvalue weighted by Gasteiger charge is -2.18. The summed E-state index contributed by atoms with van der Waals surface area (Å²) in [6.45, 7) is 6.94. The summed E-state index contributed by atoms with van der Waals surface area (Å²) in [5, 5.41) is 5.33. The largest absolute Gasteiger partial charge is 0.469 e. The van der Waals surface area contributed by atoms with Crippen LogP contribution in [0.25, 0.3) is 11.0 Å². The number of nitrogens with zero attached hydrogens (tertiary/aromatic N) is 2. The number of H-pyrrole nitrogens is 1. The zero-order valence-electron chi connectivity index (χ0n) is 23.1. The van der Waals surface area contributed by atoms with E-state index in [1.807, 2.05) is 0 Å². The number of halogens is 1. The molecule has 214 valence electrons. The number of carbonyl (C=O) groups excluding carboxylic acids is 4. The van der Waals surface area contributed by atoms with Gasteiger partial charge in [0.1, 0.15) is 29.7 Å². The van der Waals surface area contributed by atoms with Crippen LogP contribution in [-0.2, 0) is 23.9 Å². The molecule has 0 aliphatic heterocycles. The molecule has 1 unspecified atom stereocenters. The highest BCUT2D eigenvalue weighted by Gasteiger charge is 2.26. The molecule has 2 aromatic heterocycles. The fourth-order valence-corrected chi connectivity index (χ4v) is 3.80. The second-order valence-electron chi connectivity index (χ2n) is 10.2. The van der Waals surface area contributed by atoms with Gasteiger partial charge in [-0.15, -0.1) is 0 Å². The smallest absolute Gasteiger partial charge is 0.328 e. The fraction of sp³-hybridized carbons (Fsp3) is 0.407. The molecule has 40 heavy (non-hydrogen) atoms. The van der Waals surface area contributed by atoms with Gasteiger partial charge in [0.15, 0.2) is 0 Å². The number of hydrogen-bond acceptors (Lipinski definition) is 8. The number of methoxy groups -OCH3 is 2. The summed E-state index contributed by atoms with van der Waals surface area (Å²) in [5.41, 5.74) is -0.740. The molecule has 0 aliphatic carbocycles. The molecular formula is C27H32FN5O7. The third-order valence-corrected chi connectivity index (χ3v) is 6.30. The van der Waals surface area contributed by atoms with Crippen LogP contribution >= 0.6 is 0 Å². The van der Waals surface area contributed by atoms with Crippen LogP contribution in [0.4, 0.5) is 10.2 Å². The Hall–Kier alpha value is -4.55. The van der Waals surface area contributed by atoms with Crippen LogP contribution in [0.3, 0.4) is 0 Å². The van der Waals surface area contributed by atoms with E-state index in [-0.39, 0.29) is 35.3 Å². The second kappa shape index (κ2) is 12.1. The molecule has 0 saturated carbocycles. The number of amides is 2. The fourth-order valence-electron chi connectivity index (χ4n) is 3.80. The Balaban J connectivity index is 1.82. The Bertz CT molecular complexity index is 1510. The number of hydrogen-bond donors (Lipinski definition) is 3. The second-order valence-corrected chi connectivity index (χ2v) is 10.2. The molecule has 0 radical (unpaired) electrons. The zero-order chi connectivity index (χ0) is 29.8. The van der Waals surface area contributed by atoms with Crippen LogP contribution in [0.2, 0.25) is 0 Å². The van der Waals surface area contributed by atoms with E-state index in [0.717, 1.165) is 13.2 Å². The first-order valence-electron chi connectivity index (χ1n) is 12.4. The van der Waals surface area contributed by atoms with Gasteiger partial charge < -0.3 is 25.1 Å². The molecule has 1 aromatic carbocycles. The topological polar surface area (TPSA) is 161 Å². The minimum atomic E-state index is -1.19. The predicted molar refractivity (Wildman–Crippen MR) is 143 cm³/mol. The van der Waals surface area contributed by atoms with Gasteiger partial charge in [-0.2, -0.15) is 0 Å². The van der Waals surface area contributed by atoms with Gasteiger partial charge >= 0.3 is 11.9 Å². The minimum Gasteiger partial charge on any atom is -0.469 e. The van der Waals surface area contributed by atoms with Crippen LogP contribution in [0.1, 0.15) is 62.5 Å². The van der Waals surface area contributed by atoms with E-state index >= 15 is 4.39 Å². The van der Waals surface area contributed by atoms with Crippen molar-refractivity contribution in [3.8, 4) is 0 Å². The molecule has 3 rings (SSSR count). The maximum Gasteiger partial charge on any atom is 0.328 e. The van der Waals surface area contributed by atoms with Gasteiger partial charge in [-0.25, -0.2) is 14.2 Å². The van der Waals surface area contributed by atoms with E-state index in [9.17, 15) is 24.0 Å². The summed E-state index contributed by atoms with van der Waals surface area (Å²) in [6.07, 6.45) is 1.05. The Labute approximate surface area is 229 Å². The van der Waals surface area contributed by atoms with E-state index in [2.05, 4.69) is 30.1 Å². The van der Waals surface area contributed by atoms with E-state index < -0.39 is 46.7 Å². The SMILES string of the molecule is COC(=O)CC[C@H](NC(=O)c1ccc(C(C)n2cnc3[nH]c(NC(=O)C(C)(C)C)cc3c2=O)cc1F)C(=O)OC. The highest BCUT2D eigenvalue weighted by Crippen LogP contribution is 2.22. The first-order chi connectivity index (χ1) is 18.8. The number of aromatic nitrogens is 3. The normalized spacial score (nSPS) is 12.9. The quantitative estimate of drug-likeness (QED) is 0.338. The van der Waals surface area contributed by atoms with Gasteiger partial charge in [-0.05, 0) is 37.1 Å². The Kier molecular flexibility index (Phi) is 9.07. The number of fused-ring (bicyclic) bond motifs is 1. The van der Waals surface area contributed by atoms with E-state index in [1.165, 1.54) is 36.2 Å². The van der Waals surface area contributed by atoms with Crippen LogP contribution in [-0.4, -0.2) is 58.5 Å². The van der Waals surface area contributed by atoms with Crippen molar-refractivity contribution in [2.24, 2.45) is 5.41 Å². The van der Waals surface area contributed by atoms with E-state index in [4.69, 9.17) is 0 Å². The molecule has 0 aliphatic rings. The number of nitrogens with one attached hydrogen (secondary N) is 3. The summed E-state index contributed by atoms with van der Waals surface area (Å²) >= 11 is 0. The first-order valence-corrected chi connectivity index (χ1v) is 12.4. The molecule has 12 nitrogen and oxygen atoms in total. The van der Waals surface area contributed by atoms with Crippen molar-refractivity contribution >= 4 is 40.6 Å². The van der Waals surface area contributed by atoms with Gasteiger partial charge in [-0.3, -0.25) is 23.7 Å². The number of esters is 2. The maximum atomic E-state index is 15.1.